The number of hydrogen-bond acceptors (Lipinski definition) is 4. The second kappa shape index (κ2) is 6.32. The number of carbonyl (C=O) groups is 1. The predicted molar refractivity (Wildman–Crippen MR) is 103 cm³/mol. The molecule has 0 atom stereocenters. The molecule has 144 valence electrons. The van der Waals surface area contributed by atoms with Crippen LogP contribution in [0.5, 0.6) is 0 Å². The van der Waals surface area contributed by atoms with Crippen LogP contribution in [0.2, 0.25) is 0 Å². The maximum Gasteiger partial charge on any atom is 0.358 e. The molecular formula is C22H29N3O2. The standard InChI is InChI=1S/C22H29N3O2/c1-3-5-17-9-19(22-11-14-6-15(12-22)8-16(7-14)13-22)23-20-10-18(24-25(17)20)21(26)27-4-2/h9-10,14-16H,3-8,11-13H2,1-2H3. The van der Waals surface area contributed by atoms with Gasteiger partial charge in [0.25, 0.3) is 0 Å². The second-order valence-corrected chi connectivity index (χ2v) is 9.10. The van der Waals surface area contributed by atoms with Crippen molar-refractivity contribution < 1.29 is 9.53 Å². The number of aryl methyl sites for hydroxylation is 1. The normalized spacial score (nSPS) is 31.6. The first-order chi connectivity index (χ1) is 13.1. The third kappa shape index (κ3) is 2.77. The molecule has 5 nitrogen and oxygen atoms in total. The van der Waals surface area contributed by atoms with Gasteiger partial charge in [0.05, 0.1) is 12.3 Å². The Kier molecular flexibility index (Phi) is 4.03. The first kappa shape index (κ1) is 17.2. The molecule has 0 N–H and O–H groups in total. The highest BCUT2D eigenvalue weighted by Gasteiger charge is 2.52. The van der Waals surface area contributed by atoms with Gasteiger partial charge in [0.2, 0.25) is 0 Å². The monoisotopic (exact) mass is 367 g/mol. The quantitative estimate of drug-likeness (QED) is 0.738. The minimum atomic E-state index is -0.359. The highest BCUT2D eigenvalue weighted by Crippen LogP contribution is 2.60. The maximum atomic E-state index is 12.2. The fourth-order valence-electron chi connectivity index (χ4n) is 6.47. The Hall–Kier alpha value is -1.91. The lowest BCUT2D eigenvalue weighted by Gasteiger charge is -2.56. The van der Waals surface area contributed by atoms with Crippen molar-refractivity contribution in [2.24, 2.45) is 17.8 Å². The molecule has 0 amide bonds. The molecule has 2 aromatic heterocycles. The van der Waals surface area contributed by atoms with E-state index in [-0.39, 0.29) is 11.4 Å². The molecule has 0 aromatic carbocycles. The fourth-order valence-corrected chi connectivity index (χ4v) is 6.47. The third-order valence-electron chi connectivity index (χ3n) is 7.07. The maximum absolute atomic E-state index is 12.2. The summed E-state index contributed by atoms with van der Waals surface area (Å²) in [5.41, 5.74) is 3.85. The van der Waals surface area contributed by atoms with E-state index in [0.29, 0.717) is 12.3 Å². The van der Waals surface area contributed by atoms with E-state index in [9.17, 15) is 4.79 Å². The first-order valence-corrected chi connectivity index (χ1v) is 10.7. The molecule has 0 spiro atoms. The predicted octanol–water partition coefficient (Wildman–Crippen LogP) is 4.33. The van der Waals surface area contributed by atoms with E-state index in [2.05, 4.69) is 18.1 Å². The summed E-state index contributed by atoms with van der Waals surface area (Å²) in [5.74, 6) is 2.32. The van der Waals surface area contributed by atoms with E-state index in [1.807, 2.05) is 11.4 Å². The van der Waals surface area contributed by atoms with Crippen molar-refractivity contribution in [3.05, 3.63) is 29.2 Å². The van der Waals surface area contributed by atoms with Crippen molar-refractivity contribution in [2.45, 2.75) is 70.6 Å². The van der Waals surface area contributed by atoms with Crippen molar-refractivity contribution in [1.82, 2.24) is 14.6 Å². The molecule has 2 heterocycles. The summed E-state index contributed by atoms with van der Waals surface area (Å²) in [5, 5.41) is 4.52. The smallest absolute Gasteiger partial charge is 0.358 e. The van der Waals surface area contributed by atoms with Gasteiger partial charge in [-0.25, -0.2) is 14.3 Å². The van der Waals surface area contributed by atoms with Gasteiger partial charge < -0.3 is 4.74 Å². The van der Waals surface area contributed by atoms with E-state index < -0.39 is 0 Å². The lowest BCUT2D eigenvalue weighted by Crippen LogP contribution is -2.49. The van der Waals surface area contributed by atoms with Gasteiger partial charge in [-0.2, -0.15) is 5.10 Å². The molecular weight excluding hydrogens is 338 g/mol. The van der Waals surface area contributed by atoms with Gasteiger partial charge in [0.1, 0.15) is 0 Å². The summed E-state index contributed by atoms with van der Waals surface area (Å²) in [7, 11) is 0. The molecule has 4 bridgehead atoms. The van der Waals surface area contributed by atoms with E-state index in [1.165, 1.54) is 49.9 Å². The Bertz CT molecular complexity index is 850. The molecule has 0 saturated heterocycles. The van der Waals surface area contributed by atoms with Crippen molar-refractivity contribution in [3.8, 4) is 0 Å². The number of esters is 1. The van der Waals surface area contributed by atoms with Gasteiger partial charge in [-0.15, -0.1) is 0 Å². The lowest BCUT2D eigenvalue weighted by atomic mass is 9.49. The van der Waals surface area contributed by atoms with E-state index >= 15 is 0 Å². The molecule has 0 unspecified atom stereocenters. The molecule has 5 heteroatoms. The average molecular weight is 367 g/mol. The molecule has 4 aliphatic rings. The number of hydrogen-bond donors (Lipinski definition) is 0. The molecule has 0 aliphatic heterocycles. The topological polar surface area (TPSA) is 56.5 Å². The zero-order chi connectivity index (χ0) is 18.6. The van der Waals surface area contributed by atoms with Crippen LogP contribution in [-0.4, -0.2) is 27.2 Å². The molecule has 4 fully saturated rings. The fraction of sp³-hybridized carbons (Fsp3) is 0.682. The summed E-state index contributed by atoms with van der Waals surface area (Å²) in [6.45, 7) is 4.37. The summed E-state index contributed by atoms with van der Waals surface area (Å²) in [4.78, 5) is 17.2. The number of carbonyl (C=O) groups excluding carboxylic acids is 1. The number of aromatic nitrogens is 3. The van der Waals surface area contributed by atoms with Crippen LogP contribution in [-0.2, 0) is 16.6 Å². The van der Waals surface area contributed by atoms with Crippen LogP contribution >= 0.6 is 0 Å². The van der Waals surface area contributed by atoms with Crippen molar-refractivity contribution in [2.75, 3.05) is 6.61 Å². The van der Waals surface area contributed by atoms with Gasteiger partial charge in [0, 0.05) is 17.2 Å². The summed E-state index contributed by atoms with van der Waals surface area (Å²) >= 11 is 0. The number of ether oxygens (including phenoxy) is 1. The van der Waals surface area contributed by atoms with Crippen LogP contribution in [0.15, 0.2) is 12.1 Å². The molecule has 4 aliphatic carbocycles. The SMILES string of the molecule is CCCc1cc(C23CC4CC(CC(C4)C2)C3)nc2cc(C(=O)OCC)nn12. The minimum Gasteiger partial charge on any atom is -0.461 e. The molecule has 4 saturated carbocycles. The van der Waals surface area contributed by atoms with E-state index in [0.717, 1.165) is 36.2 Å². The highest BCUT2D eigenvalue weighted by atomic mass is 16.5. The average Bonchev–Trinajstić information content (AvgIpc) is 3.06. The first-order valence-electron chi connectivity index (χ1n) is 10.7. The number of rotatable bonds is 5. The summed E-state index contributed by atoms with van der Waals surface area (Å²) in [6.07, 6.45) is 10.2. The Labute approximate surface area is 160 Å². The van der Waals surface area contributed by atoms with Crippen LogP contribution in [0.4, 0.5) is 0 Å². The third-order valence-corrected chi connectivity index (χ3v) is 7.07. The summed E-state index contributed by atoms with van der Waals surface area (Å²) in [6, 6.07) is 4.10. The zero-order valence-electron chi connectivity index (χ0n) is 16.4. The van der Waals surface area contributed by atoms with Gasteiger partial charge >= 0.3 is 5.97 Å². The highest BCUT2D eigenvalue weighted by molar-refractivity contribution is 5.88. The van der Waals surface area contributed by atoms with Gasteiger partial charge in [-0.05, 0) is 75.7 Å². The Morgan fingerprint density at radius 1 is 1.15 bits per heavy atom. The molecule has 0 radical (unpaired) electrons. The lowest BCUT2D eigenvalue weighted by molar-refractivity contribution is -0.00719. The van der Waals surface area contributed by atoms with Crippen LogP contribution in [0.25, 0.3) is 5.65 Å². The van der Waals surface area contributed by atoms with Crippen molar-refractivity contribution in [1.29, 1.82) is 0 Å². The molecule has 27 heavy (non-hydrogen) atoms. The van der Waals surface area contributed by atoms with E-state index in [4.69, 9.17) is 9.72 Å². The summed E-state index contributed by atoms with van der Waals surface area (Å²) < 4.78 is 7.01. The zero-order valence-corrected chi connectivity index (χ0v) is 16.4. The van der Waals surface area contributed by atoms with Crippen LogP contribution in [0.1, 0.15) is 80.7 Å². The van der Waals surface area contributed by atoms with Crippen LogP contribution in [0.3, 0.4) is 0 Å². The van der Waals surface area contributed by atoms with Gasteiger partial charge in [-0.1, -0.05) is 13.3 Å². The Morgan fingerprint density at radius 2 is 1.81 bits per heavy atom. The van der Waals surface area contributed by atoms with Crippen molar-refractivity contribution in [3.63, 3.8) is 0 Å². The largest absolute Gasteiger partial charge is 0.461 e. The van der Waals surface area contributed by atoms with Crippen LogP contribution in [0, 0.1) is 17.8 Å². The Morgan fingerprint density at radius 3 is 2.41 bits per heavy atom. The Balaban J connectivity index is 1.59. The van der Waals surface area contributed by atoms with Gasteiger partial charge in [-0.3, -0.25) is 0 Å². The van der Waals surface area contributed by atoms with Gasteiger partial charge in [0.15, 0.2) is 11.3 Å². The van der Waals surface area contributed by atoms with Crippen molar-refractivity contribution >= 4 is 11.6 Å². The molecule has 6 rings (SSSR count). The minimum absolute atomic E-state index is 0.257. The number of nitrogens with zero attached hydrogens (tertiary/aromatic N) is 3. The molecule has 2 aromatic rings. The second-order valence-electron chi connectivity index (χ2n) is 9.10. The number of fused-ring (bicyclic) bond motifs is 1. The van der Waals surface area contributed by atoms with Crippen LogP contribution < -0.4 is 0 Å². The van der Waals surface area contributed by atoms with E-state index in [1.54, 1.807) is 6.07 Å².